The van der Waals surface area contributed by atoms with Crippen LogP contribution in [0.25, 0.3) is 11.3 Å². The van der Waals surface area contributed by atoms with Gasteiger partial charge in [0.2, 0.25) is 0 Å². The Morgan fingerprint density at radius 1 is 0.969 bits per heavy atom. The number of benzene rings is 2. The fraction of sp³-hybridized carbons (Fsp3) is 0.407. The van der Waals surface area contributed by atoms with E-state index in [0.717, 1.165) is 22.6 Å². The molecule has 0 spiro atoms. The predicted molar refractivity (Wildman–Crippen MR) is 135 cm³/mol. The normalized spacial score (nSPS) is 12.0. The molecule has 3 aromatic rings. The molecule has 0 saturated carbocycles. The number of aromatic nitrogens is 1. The minimum absolute atomic E-state index is 0.0524. The maximum absolute atomic E-state index is 12.4. The number of nitrogens with one attached hydrogen (secondary N) is 1. The first-order valence-electron chi connectivity index (χ1n) is 11.0. The number of anilines is 1. The van der Waals surface area contributed by atoms with Crippen molar-refractivity contribution in [2.24, 2.45) is 5.41 Å². The molecule has 0 aliphatic heterocycles. The second kappa shape index (κ2) is 9.45. The summed E-state index contributed by atoms with van der Waals surface area (Å²) in [6, 6.07) is 16.3. The van der Waals surface area contributed by atoms with Gasteiger partial charge in [0.05, 0.1) is 5.69 Å². The fourth-order valence-corrected chi connectivity index (χ4v) is 5.02. The van der Waals surface area contributed by atoms with Crippen molar-refractivity contribution in [1.29, 1.82) is 0 Å². The van der Waals surface area contributed by atoms with Gasteiger partial charge in [0.15, 0.2) is 11.7 Å². The Morgan fingerprint density at radius 2 is 1.59 bits per heavy atom. The molecule has 2 aromatic carbocycles. The summed E-state index contributed by atoms with van der Waals surface area (Å²) in [6.45, 7) is 15.3. The second-order valence-electron chi connectivity index (χ2n) is 10.3. The van der Waals surface area contributed by atoms with Gasteiger partial charge in [0.1, 0.15) is 5.75 Å². The van der Waals surface area contributed by atoms with Crippen LogP contribution in [0.15, 0.2) is 48.5 Å². The van der Waals surface area contributed by atoms with Crippen LogP contribution in [-0.4, -0.2) is 17.5 Å². The molecule has 170 valence electrons. The van der Waals surface area contributed by atoms with Gasteiger partial charge in [0.25, 0.3) is 5.91 Å². The van der Waals surface area contributed by atoms with Gasteiger partial charge in [-0.15, -0.1) is 11.3 Å². The van der Waals surface area contributed by atoms with Gasteiger partial charge < -0.3 is 4.74 Å². The summed E-state index contributed by atoms with van der Waals surface area (Å²) in [4.78, 5) is 18.1. The zero-order valence-electron chi connectivity index (χ0n) is 20.2. The third-order valence-electron chi connectivity index (χ3n) is 5.35. The predicted octanol–water partition coefficient (Wildman–Crippen LogP) is 7.16. The van der Waals surface area contributed by atoms with E-state index in [1.807, 2.05) is 19.1 Å². The second-order valence-corrected chi connectivity index (χ2v) is 11.5. The van der Waals surface area contributed by atoms with Crippen molar-refractivity contribution < 1.29 is 9.53 Å². The molecule has 1 N–H and O–H groups in total. The number of rotatable bonds is 7. The van der Waals surface area contributed by atoms with E-state index in [9.17, 15) is 4.79 Å². The number of hydrogen-bond acceptors (Lipinski definition) is 4. The Bertz CT molecular complexity index is 1060. The molecule has 0 atom stereocenters. The maximum atomic E-state index is 12.4. The zero-order chi connectivity index (χ0) is 23.5. The van der Waals surface area contributed by atoms with Crippen LogP contribution in [0.1, 0.15) is 57.0 Å². The van der Waals surface area contributed by atoms with E-state index in [1.165, 1.54) is 22.5 Å². The number of carbonyl (C=O) groups is 1. The molecule has 32 heavy (non-hydrogen) atoms. The van der Waals surface area contributed by atoms with Crippen molar-refractivity contribution >= 4 is 22.4 Å². The van der Waals surface area contributed by atoms with E-state index in [4.69, 9.17) is 4.74 Å². The number of thiazole rings is 1. The molecular weight excluding hydrogens is 416 g/mol. The van der Waals surface area contributed by atoms with Gasteiger partial charge in [-0.05, 0) is 48.8 Å². The summed E-state index contributed by atoms with van der Waals surface area (Å²) in [5, 5.41) is 3.45. The van der Waals surface area contributed by atoms with Crippen LogP contribution in [0.4, 0.5) is 5.13 Å². The van der Waals surface area contributed by atoms with Gasteiger partial charge in [-0.2, -0.15) is 0 Å². The van der Waals surface area contributed by atoms with E-state index in [0.29, 0.717) is 10.9 Å². The van der Waals surface area contributed by atoms with E-state index in [-0.39, 0.29) is 23.3 Å². The molecule has 0 saturated heterocycles. The van der Waals surface area contributed by atoms with Crippen molar-refractivity contribution in [3.8, 4) is 17.0 Å². The van der Waals surface area contributed by atoms with Gasteiger partial charge >= 0.3 is 0 Å². The topological polar surface area (TPSA) is 51.2 Å². The molecule has 0 radical (unpaired) electrons. The molecule has 3 rings (SSSR count). The molecule has 0 unspecified atom stereocenters. The quantitative estimate of drug-likeness (QED) is 0.415. The van der Waals surface area contributed by atoms with Crippen LogP contribution in [0.5, 0.6) is 5.75 Å². The number of amides is 1. The minimum atomic E-state index is -0.216. The van der Waals surface area contributed by atoms with Gasteiger partial charge in [-0.3, -0.25) is 10.1 Å². The SMILES string of the molecule is Cc1ccc(-c2nc(NC(=O)COc3ccc(C(C)(C)CC(C)(C)C)cc3)sc2C)cc1. The minimum Gasteiger partial charge on any atom is -0.484 e. The van der Waals surface area contributed by atoms with Gasteiger partial charge in [-0.25, -0.2) is 4.98 Å². The third-order valence-corrected chi connectivity index (χ3v) is 6.23. The summed E-state index contributed by atoms with van der Waals surface area (Å²) >= 11 is 1.47. The Kier molecular flexibility index (Phi) is 7.09. The van der Waals surface area contributed by atoms with Crippen molar-refractivity contribution in [3.63, 3.8) is 0 Å². The Labute approximate surface area is 196 Å². The smallest absolute Gasteiger partial charge is 0.264 e. The Hall–Kier alpha value is -2.66. The summed E-state index contributed by atoms with van der Waals surface area (Å²) in [6.07, 6.45) is 1.08. The van der Waals surface area contributed by atoms with E-state index < -0.39 is 0 Å². The van der Waals surface area contributed by atoms with Crippen LogP contribution in [0.2, 0.25) is 0 Å². The van der Waals surface area contributed by atoms with Crippen molar-refractivity contribution in [2.75, 3.05) is 11.9 Å². The summed E-state index contributed by atoms with van der Waals surface area (Å²) in [5.74, 6) is 0.470. The molecule has 1 aromatic heterocycles. The number of aryl methyl sites for hydroxylation is 2. The van der Waals surface area contributed by atoms with Crippen LogP contribution in [0.3, 0.4) is 0 Å². The number of ether oxygens (including phenoxy) is 1. The Balaban J connectivity index is 1.57. The van der Waals surface area contributed by atoms with Crippen LogP contribution < -0.4 is 10.1 Å². The average Bonchev–Trinajstić information content (AvgIpc) is 3.05. The molecule has 1 amide bonds. The third kappa shape index (κ3) is 6.42. The highest BCUT2D eigenvalue weighted by Crippen LogP contribution is 2.36. The van der Waals surface area contributed by atoms with Gasteiger partial charge in [0, 0.05) is 10.4 Å². The van der Waals surface area contributed by atoms with Crippen molar-refractivity contribution in [2.45, 2.75) is 60.3 Å². The van der Waals surface area contributed by atoms with E-state index in [1.54, 1.807) is 0 Å². The van der Waals surface area contributed by atoms with Crippen molar-refractivity contribution in [1.82, 2.24) is 4.98 Å². The largest absolute Gasteiger partial charge is 0.484 e. The number of carbonyl (C=O) groups excluding carboxylic acids is 1. The molecule has 0 aliphatic carbocycles. The first-order valence-corrected chi connectivity index (χ1v) is 11.8. The Morgan fingerprint density at radius 3 is 2.19 bits per heavy atom. The molecule has 0 fully saturated rings. The summed E-state index contributed by atoms with van der Waals surface area (Å²) in [5.41, 5.74) is 4.76. The monoisotopic (exact) mass is 450 g/mol. The van der Waals surface area contributed by atoms with Gasteiger partial charge in [-0.1, -0.05) is 76.6 Å². The number of hydrogen-bond donors (Lipinski definition) is 1. The highest BCUT2D eigenvalue weighted by Gasteiger charge is 2.27. The van der Waals surface area contributed by atoms with Crippen LogP contribution in [0, 0.1) is 19.3 Å². The van der Waals surface area contributed by atoms with E-state index in [2.05, 4.69) is 88.2 Å². The first-order chi connectivity index (χ1) is 14.9. The molecule has 0 aliphatic rings. The van der Waals surface area contributed by atoms with Crippen LogP contribution in [-0.2, 0) is 10.2 Å². The fourth-order valence-electron chi connectivity index (χ4n) is 4.16. The highest BCUT2D eigenvalue weighted by molar-refractivity contribution is 7.16. The first kappa shape index (κ1) is 24.0. The molecule has 1 heterocycles. The lowest BCUT2D eigenvalue weighted by Crippen LogP contribution is -2.24. The molecule has 5 heteroatoms. The molecule has 4 nitrogen and oxygen atoms in total. The lowest BCUT2D eigenvalue weighted by atomic mass is 9.72. The van der Waals surface area contributed by atoms with Crippen LogP contribution >= 0.6 is 11.3 Å². The number of nitrogens with zero attached hydrogens (tertiary/aromatic N) is 1. The van der Waals surface area contributed by atoms with E-state index >= 15 is 0 Å². The molecule has 0 bridgehead atoms. The summed E-state index contributed by atoms with van der Waals surface area (Å²) in [7, 11) is 0. The molecular formula is C27H34N2O2S. The lowest BCUT2D eigenvalue weighted by Gasteiger charge is -2.33. The average molecular weight is 451 g/mol. The highest BCUT2D eigenvalue weighted by atomic mass is 32.1. The lowest BCUT2D eigenvalue weighted by molar-refractivity contribution is -0.118. The maximum Gasteiger partial charge on any atom is 0.264 e. The summed E-state index contributed by atoms with van der Waals surface area (Å²) < 4.78 is 5.71. The van der Waals surface area contributed by atoms with Crippen molar-refractivity contribution in [3.05, 3.63) is 64.5 Å². The zero-order valence-corrected chi connectivity index (χ0v) is 21.0. The standard InChI is InChI=1S/C27H34N2O2S/c1-18-8-10-20(11-9-18)24-19(2)32-25(29-24)28-23(30)16-31-22-14-12-21(13-15-22)27(6,7)17-26(3,4)5/h8-15H,16-17H2,1-7H3,(H,28,29,30).